The summed E-state index contributed by atoms with van der Waals surface area (Å²) in [6.07, 6.45) is -0.480. The van der Waals surface area contributed by atoms with Crippen LogP contribution in [0.1, 0.15) is 26.3 Å². The molecule has 0 aliphatic carbocycles. The molecule has 1 aliphatic heterocycles. The molecule has 110 valence electrons. The lowest BCUT2D eigenvalue weighted by Crippen LogP contribution is -2.47. The number of esters is 1. The first-order valence-electron chi connectivity index (χ1n) is 7.05. The van der Waals surface area contributed by atoms with Gasteiger partial charge in [-0.2, -0.15) is 0 Å². The van der Waals surface area contributed by atoms with E-state index >= 15 is 0 Å². The van der Waals surface area contributed by atoms with Crippen LogP contribution in [0, 0.1) is 0 Å². The molecule has 0 radical (unpaired) electrons. The summed E-state index contributed by atoms with van der Waals surface area (Å²) in [5.74, 6) is -0.268. The number of morpholine rings is 1. The Balaban J connectivity index is 1.90. The van der Waals surface area contributed by atoms with Gasteiger partial charge in [0.15, 0.2) is 6.10 Å². The summed E-state index contributed by atoms with van der Waals surface area (Å²) in [7, 11) is 0. The van der Waals surface area contributed by atoms with Crippen LogP contribution >= 0.6 is 0 Å². The first-order valence-corrected chi connectivity index (χ1v) is 7.05. The molecular formula is C16H23NO3. The van der Waals surface area contributed by atoms with Crippen LogP contribution in [0.3, 0.4) is 0 Å². The van der Waals surface area contributed by atoms with Crippen LogP contribution in [0.25, 0.3) is 0 Å². The van der Waals surface area contributed by atoms with Gasteiger partial charge in [0.05, 0.1) is 6.61 Å². The Hall–Kier alpha value is -1.39. The Morgan fingerprint density at radius 1 is 1.35 bits per heavy atom. The first kappa shape index (κ1) is 15.0. The van der Waals surface area contributed by atoms with E-state index < -0.39 is 11.7 Å². The van der Waals surface area contributed by atoms with E-state index in [2.05, 4.69) is 17.0 Å². The third-order valence-corrected chi connectivity index (χ3v) is 3.07. The molecule has 0 amide bonds. The summed E-state index contributed by atoms with van der Waals surface area (Å²) in [5, 5.41) is 0. The molecule has 0 spiro atoms. The Morgan fingerprint density at radius 2 is 2.05 bits per heavy atom. The molecule has 1 aromatic rings. The fourth-order valence-corrected chi connectivity index (χ4v) is 2.20. The number of carbonyl (C=O) groups excluding carboxylic acids is 1. The van der Waals surface area contributed by atoms with Gasteiger partial charge in [-0.3, -0.25) is 4.90 Å². The lowest BCUT2D eigenvalue weighted by molar-refractivity contribution is -0.174. The SMILES string of the molecule is CC(C)(C)OC(=O)C1CN(Cc2ccccc2)CCO1. The minimum atomic E-state index is -0.480. The van der Waals surface area contributed by atoms with Crippen LogP contribution in [-0.2, 0) is 20.8 Å². The lowest BCUT2D eigenvalue weighted by atomic mass is 10.1. The highest BCUT2D eigenvalue weighted by molar-refractivity contribution is 5.75. The number of nitrogens with zero attached hydrogens (tertiary/aromatic N) is 1. The van der Waals surface area contributed by atoms with Gasteiger partial charge >= 0.3 is 5.97 Å². The molecule has 4 heteroatoms. The molecule has 4 nitrogen and oxygen atoms in total. The zero-order valence-corrected chi connectivity index (χ0v) is 12.5. The van der Waals surface area contributed by atoms with Gasteiger partial charge in [0.25, 0.3) is 0 Å². The molecule has 1 heterocycles. The van der Waals surface area contributed by atoms with Gasteiger partial charge in [-0.1, -0.05) is 30.3 Å². The van der Waals surface area contributed by atoms with E-state index in [0.29, 0.717) is 13.2 Å². The minimum Gasteiger partial charge on any atom is -0.458 e. The smallest absolute Gasteiger partial charge is 0.337 e. The Kier molecular flexibility index (Phi) is 4.78. The molecule has 1 fully saturated rings. The normalized spacial score (nSPS) is 20.6. The number of hydrogen-bond donors (Lipinski definition) is 0. The topological polar surface area (TPSA) is 38.8 Å². The van der Waals surface area contributed by atoms with Crippen molar-refractivity contribution in [2.75, 3.05) is 19.7 Å². The summed E-state index contributed by atoms with van der Waals surface area (Å²) in [6.45, 7) is 8.44. The Morgan fingerprint density at radius 3 is 2.70 bits per heavy atom. The van der Waals surface area contributed by atoms with Gasteiger partial charge in [-0.15, -0.1) is 0 Å². The quantitative estimate of drug-likeness (QED) is 0.794. The lowest BCUT2D eigenvalue weighted by Gasteiger charge is -2.33. The highest BCUT2D eigenvalue weighted by atomic mass is 16.6. The average molecular weight is 277 g/mol. The Bertz CT molecular complexity index is 439. The molecule has 1 atom stereocenters. The molecule has 0 saturated carbocycles. The van der Waals surface area contributed by atoms with E-state index in [9.17, 15) is 4.79 Å². The maximum Gasteiger partial charge on any atom is 0.337 e. The molecule has 2 rings (SSSR count). The van der Waals surface area contributed by atoms with Crippen LogP contribution in [-0.4, -0.2) is 42.3 Å². The summed E-state index contributed by atoms with van der Waals surface area (Å²) < 4.78 is 10.9. The molecule has 1 unspecified atom stereocenters. The predicted octanol–water partition coefficient (Wildman–Crippen LogP) is 2.23. The first-order chi connectivity index (χ1) is 9.44. The van der Waals surface area contributed by atoms with E-state index in [-0.39, 0.29) is 5.97 Å². The molecule has 0 bridgehead atoms. The number of rotatable bonds is 3. The van der Waals surface area contributed by atoms with Crippen molar-refractivity contribution >= 4 is 5.97 Å². The summed E-state index contributed by atoms with van der Waals surface area (Å²) >= 11 is 0. The van der Waals surface area contributed by atoms with E-state index in [1.165, 1.54) is 5.56 Å². The van der Waals surface area contributed by atoms with Crippen LogP contribution < -0.4 is 0 Å². The maximum atomic E-state index is 12.0. The molecule has 0 aromatic heterocycles. The summed E-state index contributed by atoms with van der Waals surface area (Å²) in [4.78, 5) is 14.3. The standard InChI is InChI=1S/C16H23NO3/c1-16(2,3)20-15(18)14-12-17(9-10-19-14)11-13-7-5-4-6-8-13/h4-8,14H,9-12H2,1-3H3. The summed E-state index contributed by atoms with van der Waals surface area (Å²) in [5.41, 5.74) is 0.777. The van der Waals surface area contributed by atoms with Crippen molar-refractivity contribution in [1.29, 1.82) is 0 Å². The van der Waals surface area contributed by atoms with Crippen LogP contribution in [0.5, 0.6) is 0 Å². The third kappa shape index (κ3) is 4.62. The van der Waals surface area contributed by atoms with Gasteiger partial charge < -0.3 is 9.47 Å². The Labute approximate surface area is 120 Å². The minimum absolute atomic E-state index is 0.268. The van der Waals surface area contributed by atoms with E-state index in [1.807, 2.05) is 39.0 Å². The molecule has 0 N–H and O–H groups in total. The molecule has 1 aliphatic rings. The van der Waals surface area contributed by atoms with Gasteiger partial charge in [-0.25, -0.2) is 4.79 Å². The monoisotopic (exact) mass is 277 g/mol. The zero-order valence-electron chi connectivity index (χ0n) is 12.5. The van der Waals surface area contributed by atoms with Crippen LogP contribution in [0.2, 0.25) is 0 Å². The van der Waals surface area contributed by atoms with Crippen molar-refractivity contribution in [1.82, 2.24) is 4.90 Å². The van der Waals surface area contributed by atoms with E-state index in [4.69, 9.17) is 9.47 Å². The average Bonchev–Trinajstić information content (AvgIpc) is 2.38. The van der Waals surface area contributed by atoms with Crippen molar-refractivity contribution in [3.05, 3.63) is 35.9 Å². The second kappa shape index (κ2) is 6.37. The number of benzene rings is 1. The fraction of sp³-hybridized carbons (Fsp3) is 0.562. The van der Waals surface area contributed by atoms with Crippen LogP contribution in [0.4, 0.5) is 0 Å². The molecule has 1 aromatic carbocycles. The second-order valence-corrected chi connectivity index (χ2v) is 6.11. The van der Waals surface area contributed by atoms with Crippen molar-refractivity contribution < 1.29 is 14.3 Å². The van der Waals surface area contributed by atoms with Crippen molar-refractivity contribution in [3.8, 4) is 0 Å². The number of carbonyl (C=O) groups is 1. The van der Waals surface area contributed by atoms with Gasteiger partial charge in [0.2, 0.25) is 0 Å². The van der Waals surface area contributed by atoms with E-state index in [0.717, 1.165) is 13.1 Å². The predicted molar refractivity (Wildman–Crippen MR) is 77.3 cm³/mol. The third-order valence-electron chi connectivity index (χ3n) is 3.07. The largest absolute Gasteiger partial charge is 0.458 e. The van der Waals surface area contributed by atoms with E-state index in [1.54, 1.807) is 0 Å². The van der Waals surface area contributed by atoms with Gasteiger partial charge in [0.1, 0.15) is 5.60 Å². The van der Waals surface area contributed by atoms with Crippen molar-refractivity contribution in [3.63, 3.8) is 0 Å². The van der Waals surface area contributed by atoms with Crippen molar-refractivity contribution in [2.24, 2.45) is 0 Å². The molecule has 1 saturated heterocycles. The highest BCUT2D eigenvalue weighted by Gasteiger charge is 2.30. The van der Waals surface area contributed by atoms with Crippen molar-refractivity contribution in [2.45, 2.75) is 39.0 Å². The summed E-state index contributed by atoms with van der Waals surface area (Å²) in [6, 6.07) is 10.3. The number of hydrogen-bond acceptors (Lipinski definition) is 4. The van der Waals surface area contributed by atoms with Gasteiger partial charge in [0, 0.05) is 19.6 Å². The zero-order chi connectivity index (χ0) is 14.6. The molecular weight excluding hydrogens is 254 g/mol. The highest BCUT2D eigenvalue weighted by Crippen LogP contribution is 2.15. The maximum absolute atomic E-state index is 12.0. The fourth-order valence-electron chi connectivity index (χ4n) is 2.20. The van der Waals surface area contributed by atoms with Crippen LogP contribution in [0.15, 0.2) is 30.3 Å². The van der Waals surface area contributed by atoms with Gasteiger partial charge in [-0.05, 0) is 26.3 Å². The number of ether oxygens (including phenoxy) is 2. The second-order valence-electron chi connectivity index (χ2n) is 6.11. The molecule has 20 heavy (non-hydrogen) atoms.